The quantitative estimate of drug-likeness (QED) is 0.237. The summed E-state index contributed by atoms with van der Waals surface area (Å²) < 4.78 is 2.19. The van der Waals surface area contributed by atoms with Gasteiger partial charge in [0.25, 0.3) is 0 Å². The lowest BCUT2D eigenvalue weighted by Crippen LogP contribution is -2.30. The Bertz CT molecular complexity index is 110. The molecule has 0 amide bonds. The van der Waals surface area contributed by atoms with Crippen LogP contribution in [0.4, 0.5) is 0 Å². The molecule has 52 valence electrons. The standard InChI is InChI=1S/C5H12N4/c6-8-2-4-9-3-1-7-5-9/h5,8H,1-4,6H2/p+1. The highest BCUT2D eigenvalue weighted by Crippen LogP contribution is 1.76. The molecule has 0 radical (unpaired) electrons. The highest BCUT2D eigenvalue weighted by molar-refractivity contribution is 5.49. The molecule has 0 spiro atoms. The first-order valence-electron chi connectivity index (χ1n) is 3.18. The van der Waals surface area contributed by atoms with Gasteiger partial charge in [0.2, 0.25) is 6.34 Å². The predicted octanol–water partition coefficient (Wildman–Crippen LogP) is -1.91. The average molecular weight is 129 g/mol. The van der Waals surface area contributed by atoms with Gasteiger partial charge in [-0.3, -0.25) is 21.2 Å². The Labute approximate surface area is 54.7 Å². The topological polar surface area (TPSA) is 53.1 Å². The zero-order valence-corrected chi connectivity index (χ0v) is 5.43. The maximum absolute atomic E-state index is 5.10. The molecule has 4 heteroatoms. The Balaban J connectivity index is 2.11. The van der Waals surface area contributed by atoms with E-state index in [2.05, 4.69) is 15.3 Å². The van der Waals surface area contributed by atoms with Crippen LogP contribution < -0.4 is 16.6 Å². The van der Waals surface area contributed by atoms with Crippen LogP contribution in [0.2, 0.25) is 0 Å². The smallest absolute Gasteiger partial charge is 0.232 e. The van der Waals surface area contributed by atoms with Gasteiger partial charge in [0, 0.05) is 6.54 Å². The first-order valence-corrected chi connectivity index (χ1v) is 3.18. The number of nitrogens with two attached hydrogens (primary N) is 1. The molecule has 1 aliphatic rings. The summed E-state index contributed by atoms with van der Waals surface area (Å²) in [4.78, 5) is 0. The second-order valence-corrected chi connectivity index (χ2v) is 2.07. The molecule has 1 heterocycles. The van der Waals surface area contributed by atoms with Gasteiger partial charge in [0.1, 0.15) is 13.1 Å². The lowest BCUT2D eigenvalue weighted by molar-refractivity contribution is -0.511. The van der Waals surface area contributed by atoms with E-state index < -0.39 is 0 Å². The molecule has 0 aromatic rings. The summed E-state index contributed by atoms with van der Waals surface area (Å²) in [5.74, 6) is 5.10. The second-order valence-electron chi connectivity index (χ2n) is 2.07. The molecular formula is C5H13N4+. The molecule has 1 aliphatic heterocycles. The van der Waals surface area contributed by atoms with Gasteiger partial charge in [-0.25, -0.2) is 0 Å². The monoisotopic (exact) mass is 129 g/mol. The first kappa shape index (κ1) is 6.51. The van der Waals surface area contributed by atoms with Crippen molar-refractivity contribution in [3.63, 3.8) is 0 Å². The van der Waals surface area contributed by atoms with Gasteiger partial charge in [-0.1, -0.05) is 0 Å². The fourth-order valence-corrected chi connectivity index (χ4v) is 0.851. The van der Waals surface area contributed by atoms with Crippen molar-refractivity contribution in [2.24, 2.45) is 5.84 Å². The van der Waals surface area contributed by atoms with E-state index in [0.29, 0.717) is 0 Å². The lowest BCUT2D eigenvalue weighted by Gasteiger charge is -1.97. The average Bonchev–Trinajstić information content (AvgIpc) is 2.34. The molecule has 0 aromatic carbocycles. The van der Waals surface area contributed by atoms with Gasteiger partial charge in [-0.15, -0.1) is 0 Å². The number of rotatable bonds is 3. The number of hydrogen-bond donors (Lipinski definition) is 3. The fraction of sp³-hybridized carbons (Fsp3) is 0.800. The third-order valence-corrected chi connectivity index (χ3v) is 1.36. The third-order valence-electron chi connectivity index (χ3n) is 1.36. The summed E-state index contributed by atoms with van der Waals surface area (Å²) in [7, 11) is 0. The van der Waals surface area contributed by atoms with Crippen LogP contribution in [0.3, 0.4) is 0 Å². The van der Waals surface area contributed by atoms with Crippen molar-refractivity contribution in [3.05, 3.63) is 0 Å². The maximum atomic E-state index is 5.10. The van der Waals surface area contributed by atoms with Crippen LogP contribution in [0.15, 0.2) is 0 Å². The van der Waals surface area contributed by atoms with E-state index in [-0.39, 0.29) is 0 Å². The zero-order valence-electron chi connectivity index (χ0n) is 5.43. The molecule has 0 bridgehead atoms. The van der Waals surface area contributed by atoms with E-state index in [9.17, 15) is 0 Å². The molecule has 0 unspecified atom stereocenters. The molecule has 0 fully saturated rings. The summed E-state index contributed by atoms with van der Waals surface area (Å²) in [6.07, 6.45) is 2.00. The normalized spacial score (nSPS) is 17.2. The van der Waals surface area contributed by atoms with Crippen molar-refractivity contribution < 1.29 is 4.58 Å². The Hall–Kier alpha value is -0.610. The molecule has 0 saturated heterocycles. The van der Waals surface area contributed by atoms with Crippen molar-refractivity contribution in [1.82, 2.24) is 10.7 Å². The molecule has 0 aliphatic carbocycles. The van der Waals surface area contributed by atoms with Gasteiger partial charge >= 0.3 is 0 Å². The summed E-state index contributed by atoms with van der Waals surface area (Å²) in [6.45, 7) is 3.99. The van der Waals surface area contributed by atoms with E-state index in [1.54, 1.807) is 0 Å². The van der Waals surface area contributed by atoms with E-state index in [1.165, 1.54) is 0 Å². The number of hydrazine groups is 1. The van der Waals surface area contributed by atoms with Crippen LogP contribution >= 0.6 is 0 Å². The minimum absolute atomic E-state index is 0.845. The van der Waals surface area contributed by atoms with Gasteiger partial charge in [-0.2, -0.15) is 0 Å². The molecule has 0 atom stereocenters. The van der Waals surface area contributed by atoms with Gasteiger partial charge in [-0.05, 0) is 0 Å². The van der Waals surface area contributed by atoms with Crippen LogP contribution in [0.1, 0.15) is 0 Å². The van der Waals surface area contributed by atoms with E-state index in [0.717, 1.165) is 26.2 Å². The highest BCUT2D eigenvalue weighted by atomic mass is 15.2. The summed E-state index contributed by atoms with van der Waals surface area (Å²) >= 11 is 0. The largest absolute Gasteiger partial charge is 0.277 e. The number of nitrogens with one attached hydrogen (secondary N) is 2. The van der Waals surface area contributed by atoms with Crippen molar-refractivity contribution in [2.45, 2.75) is 0 Å². The lowest BCUT2D eigenvalue weighted by atomic mass is 10.6. The molecule has 4 nitrogen and oxygen atoms in total. The molecule has 9 heavy (non-hydrogen) atoms. The van der Waals surface area contributed by atoms with Gasteiger partial charge in [0.15, 0.2) is 0 Å². The zero-order chi connectivity index (χ0) is 6.53. The minimum Gasteiger partial charge on any atom is -0.277 e. The minimum atomic E-state index is 0.845. The van der Waals surface area contributed by atoms with E-state index in [1.807, 2.05) is 6.34 Å². The van der Waals surface area contributed by atoms with Crippen LogP contribution in [0.5, 0.6) is 0 Å². The Morgan fingerprint density at radius 2 is 2.67 bits per heavy atom. The third kappa shape index (κ3) is 1.99. The Morgan fingerprint density at radius 3 is 3.22 bits per heavy atom. The van der Waals surface area contributed by atoms with E-state index >= 15 is 0 Å². The fourth-order valence-electron chi connectivity index (χ4n) is 0.851. The number of hydrogen-bond acceptors (Lipinski definition) is 3. The van der Waals surface area contributed by atoms with Crippen molar-refractivity contribution in [1.29, 1.82) is 0 Å². The predicted molar refractivity (Wildman–Crippen MR) is 36.3 cm³/mol. The number of nitrogens with zero attached hydrogens (tertiary/aromatic N) is 1. The second kappa shape index (κ2) is 3.42. The van der Waals surface area contributed by atoms with Crippen molar-refractivity contribution in [3.8, 4) is 0 Å². The van der Waals surface area contributed by atoms with Crippen LogP contribution in [0, 0.1) is 0 Å². The Kier molecular flexibility index (Phi) is 2.48. The Morgan fingerprint density at radius 1 is 1.78 bits per heavy atom. The van der Waals surface area contributed by atoms with Crippen molar-refractivity contribution >= 4 is 6.34 Å². The maximum Gasteiger partial charge on any atom is 0.232 e. The molecule has 0 aromatic heterocycles. The SMILES string of the molecule is NNCC[N+]1=CNCC1. The van der Waals surface area contributed by atoms with Crippen molar-refractivity contribution in [2.75, 3.05) is 26.2 Å². The summed E-state index contributed by atoms with van der Waals surface area (Å²) in [5.41, 5.74) is 2.61. The van der Waals surface area contributed by atoms with Crippen LogP contribution in [0.25, 0.3) is 0 Å². The summed E-state index contributed by atoms with van der Waals surface area (Å²) in [6, 6.07) is 0. The highest BCUT2D eigenvalue weighted by Gasteiger charge is 2.05. The molecule has 1 rings (SSSR count). The van der Waals surface area contributed by atoms with Gasteiger partial charge in [0.05, 0.1) is 6.54 Å². The molecule has 4 N–H and O–H groups in total. The van der Waals surface area contributed by atoms with Crippen LogP contribution in [-0.4, -0.2) is 37.1 Å². The first-order chi connectivity index (χ1) is 4.43. The van der Waals surface area contributed by atoms with E-state index in [4.69, 9.17) is 5.84 Å². The molecular weight excluding hydrogens is 116 g/mol. The van der Waals surface area contributed by atoms with Crippen LogP contribution in [-0.2, 0) is 0 Å². The molecule has 0 saturated carbocycles. The summed E-state index contributed by atoms with van der Waals surface area (Å²) in [5, 5.41) is 3.11. The van der Waals surface area contributed by atoms with Gasteiger partial charge < -0.3 is 0 Å².